The summed E-state index contributed by atoms with van der Waals surface area (Å²) in [5.41, 5.74) is 2.61. The number of hydrogen-bond donors (Lipinski definition) is 1. The maximum absolute atomic E-state index is 12.5. The number of halogens is 2. The van der Waals surface area contributed by atoms with Gasteiger partial charge in [0.15, 0.2) is 0 Å². The number of nitrogens with zero attached hydrogens (tertiary/aromatic N) is 1. The van der Waals surface area contributed by atoms with Gasteiger partial charge in [0.1, 0.15) is 0 Å². The fourth-order valence-corrected chi connectivity index (χ4v) is 3.95. The van der Waals surface area contributed by atoms with Crippen molar-refractivity contribution in [3.8, 4) is 11.1 Å². The number of nitrogens with one attached hydrogen (secondary N) is 1. The number of benzene rings is 2. The number of carbonyl (C=O) groups excluding carboxylic acids is 2. The predicted molar refractivity (Wildman–Crippen MR) is 111 cm³/mol. The summed E-state index contributed by atoms with van der Waals surface area (Å²) in [5.74, 6) is -0.150. The Kier molecular flexibility index (Phi) is 6.34. The van der Waals surface area contributed by atoms with E-state index in [1.165, 1.54) is 6.92 Å². The first-order valence-electron chi connectivity index (χ1n) is 8.65. The van der Waals surface area contributed by atoms with E-state index in [4.69, 9.17) is 11.6 Å². The van der Waals surface area contributed by atoms with Crippen molar-refractivity contribution in [2.75, 3.05) is 13.1 Å². The molecule has 1 fully saturated rings. The normalized spacial score (nSPS) is 16.7. The average Bonchev–Trinajstić information content (AvgIpc) is 3.08. The van der Waals surface area contributed by atoms with Gasteiger partial charge in [-0.25, -0.2) is 0 Å². The molecule has 0 aliphatic carbocycles. The molecule has 27 heavy (non-hydrogen) atoms. The molecular formula is C21H19BrClN2O2. The van der Waals surface area contributed by atoms with Crippen LogP contribution in [0.3, 0.4) is 0 Å². The molecule has 1 heterocycles. The van der Waals surface area contributed by atoms with Crippen LogP contribution in [-0.4, -0.2) is 35.8 Å². The number of carbonyl (C=O) groups is 2. The Morgan fingerprint density at radius 1 is 1.33 bits per heavy atom. The first-order valence-corrected chi connectivity index (χ1v) is 9.82. The van der Waals surface area contributed by atoms with Gasteiger partial charge in [-0.1, -0.05) is 57.9 Å². The fraction of sp³-hybridized carbons (Fsp3) is 0.238. The number of likely N-dealkylation sites (tertiary alicyclic amines) is 1. The highest BCUT2D eigenvalue weighted by atomic mass is 79.9. The molecule has 1 saturated heterocycles. The molecule has 2 aromatic carbocycles. The molecule has 6 heteroatoms. The van der Waals surface area contributed by atoms with Crippen molar-refractivity contribution < 1.29 is 9.59 Å². The largest absolute Gasteiger partial charge is 0.352 e. The van der Waals surface area contributed by atoms with Gasteiger partial charge in [0.25, 0.3) is 0 Å². The Bertz CT molecular complexity index is 898. The molecule has 1 radical (unpaired) electrons. The first-order chi connectivity index (χ1) is 13.0. The van der Waals surface area contributed by atoms with Gasteiger partial charge in [0, 0.05) is 48.2 Å². The molecule has 0 aromatic heterocycles. The van der Waals surface area contributed by atoms with Gasteiger partial charge in [-0.2, -0.15) is 0 Å². The van der Waals surface area contributed by atoms with Gasteiger partial charge < -0.3 is 10.2 Å². The fourth-order valence-electron chi connectivity index (χ4n) is 3.20. The van der Waals surface area contributed by atoms with Crippen LogP contribution in [0.4, 0.5) is 0 Å². The van der Waals surface area contributed by atoms with E-state index in [2.05, 4.69) is 27.3 Å². The summed E-state index contributed by atoms with van der Waals surface area (Å²) in [4.78, 5) is 25.4. The third-order valence-electron chi connectivity index (χ3n) is 4.44. The third kappa shape index (κ3) is 4.79. The molecule has 2 amide bonds. The second-order valence-electron chi connectivity index (χ2n) is 6.41. The zero-order valence-electron chi connectivity index (χ0n) is 14.8. The molecule has 1 aliphatic heterocycles. The summed E-state index contributed by atoms with van der Waals surface area (Å²) in [7, 11) is 0. The minimum absolute atomic E-state index is 0.0245. The van der Waals surface area contributed by atoms with Crippen LogP contribution < -0.4 is 5.32 Å². The van der Waals surface area contributed by atoms with Crippen LogP contribution in [0.2, 0.25) is 5.02 Å². The molecule has 1 unspecified atom stereocenters. The highest BCUT2D eigenvalue weighted by Gasteiger charge is 2.25. The van der Waals surface area contributed by atoms with E-state index >= 15 is 0 Å². The van der Waals surface area contributed by atoms with Crippen LogP contribution in [0.1, 0.15) is 18.9 Å². The SMILES string of the molecule is CC(=O)NC1CCN(C(=O)/C=C/c2cc[c]c(Cl)c2-c2ccccc2Br)C1. The number of rotatable bonds is 4. The molecule has 0 saturated carbocycles. The second kappa shape index (κ2) is 8.72. The van der Waals surface area contributed by atoms with E-state index < -0.39 is 0 Å². The van der Waals surface area contributed by atoms with Crippen molar-refractivity contribution in [1.29, 1.82) is 0 Å². The zero-order chi connectivity index (χ0) is 19.4. The Labute approximate surface area is 172 Å². The maximum Gasteiger partial charge on any atom is 0.246 e. The molecule has 0 bridgehead atoms. The van der Waals surface area contributed by atoms with Crippen molar-refractivity contribution in [2.24, 2.45) is 0 Å². The number of amides is 2. The van der Waals surface area contributed by atoms with Crippen molar-refractivity contribution in [1.82, 2.24) is 10.2 Å². The average molecular weight is 447 g/mol. The second-order valence-corrected chi connectivity index (χ2v) is 7.64. The van der Waals surface area contributed by atoms with Crippen molar-refractivity contribution in [2.45, 2.75) is 19.4 Å². The predicted octanol–water partition coefficient (Wildman–Crippen LogP) is 4.32. The molecule has 1 atom stereocenters. The monoisotopic (exact) mass is 445 g/mol. The summed E-state index contributed by atoms with van der Waals surface area (Å²) in [6, 6.07) is 14.5. The first kappa shape index (κ1) is 19.6. The standard InChI is InChI=1S/C21H19BrClN2O2/c1-14(26)24-16-11-12-25(13-16)20(27)10-9-15-5-4-8-19(23)21(15)17-6-2-3-7-18(17)22/h2-7,9-10,16H,11-13H2,1H3,(H,24,26)/b10-9+. The molecule has 1 aliphatic rings. The van der Waals surface area contributed by atoms with E-state index in [0.717, 1.165) is 27.6 Å². The molecular weight excluding hydrogens is 428 g/mol. The summed E-state index contributed by atoms with van der Waals surface area (Å²) in [5, 5.41) is 3.36. The molecule has 0 spiro atoms. The van der Waals surface area contributed by atoms with E-state index in [1.54, 1.807) is 23.1 Å². The Morgan fingerprint density at radius 3 is 2.85 bits per heavy atom. The summed E-state index contributed by atoms with van der Waals surface area (Å²) < 4.78 is 0.921. The zero-order valence-corrected chi connectivity index (χ0v) is 17.2. The van der Waals surface area contributed by atoms with Crippen molar-refractivity contribution in [3.05, 3.63) is 63.6 Å². The van der Waals surface area contributed by atoms with Crippen LogP contribution in [0.25, 0.3) is 17.2 Å². The summed E-state index contributed by atoms with van der Waals surface area (Å²) in [6.45, 7) is 2.65. The Hall–Kier alpha value is -2.11. The molecule has 3 rings (SSSR count). The summed E-state index contributed by atoms with van der Waals surface area (Å²) >= 11 is 9.96. The van der Waals surface area contributed by atoms with E-state index in [0.29, 0.717) is 18.1 Å². The lowest BCUT2D eigenvalue weighted by atomic mass is 9.99. The smallest absolute Gasteiger partial charge is 0.246 e. The highest BCUT2D eigenvalue weighted by molar-refractivity contribution is 9.10. The highest BCUT2D eigenvalue weighted by Crippen LogP contribution is 2.36. The molecule has 4 nitrogen and oxygen atoms in total. The molecule has 139 valence electrons. The van der Waals surface area contributed by atoms with Crippen molar-refractivity contribution >= 4 is 45.4 Å². The Morgan fingerprint density at radius 2 is 2.11 bits per heavy atom. The molecule has 1 N–H and O–H groups in total. The Balaban J connectivity index is 1.80. The van der Waals surface area contributed by atoms with Gasteiger partial charge in [-0.3, -0.25) is 9.59 Å². The van der Waals surface area contributed by atoms with Crippen LogP contribution >= 0.6 is 27.5 Å². The van der Waals surface area contributed by atoms with Gasteiger partial charge in [0.05, 0.1) is 5.02 Å². The van der Waals surface area contributed by atoms with Crippen molar-refractivity contribution in [3.63, 3.8) is 0 Å². The van der Waals surface area contributed by atoms with Gasteiger partial charge in [-0.05, 0) is 29.7 Å². The van der Waals surface area contributed by atoms with E-state index in [-0.39, 0.29) is 17.9 Å². The number of hydrogen-bond acceptors (Lipinski definition) is 2. The quantitative estimate of drug-likeness (QED) is 0.711. The lowest BCUT2D eigenvalue weighted by Gasteiger charge is -2.15. The molecule has 2 aromatic rings. The summed E-state index contributed by atoms with van der Waals surface area (Å²) in [6.07, 6.45) is 4.11. The van der Waals surface area contributed by atoms with Crippen LogP contribution in [0.15, 0.2) is 46.9 Å². The topological polar surface area (TPSA) is 49.4 Å². The lowest BCUT2D eigenvalue weighted by molar-refractivity contribution is -0.125. The van der Waals surface area contributed by atoms with Crippen LogP contribution in [0, 0.1) is 6.07 Å². The van der Waals surface area contributed by atoms with Crippen LogP contribution in [-0.2, 0) is 9.59 Å². The van der Waals surface area contributed by atoms with Gasteiger partial charge in [0.2, 0.25) is 11.8 Å². The van der Waals surface area contributed by atoms with E-state index in [1.807, 2.05) is 30.3 Å². The third-order valence-corrected chi connectivity index (χ3v) is 5.43. The van der Waals surface area contributed by atoms with E-state index in [9.17, 15) is 9.59 Å². The van der Waals surface area contributed by atoms with Gasteiger partial charge >= 0.3 is 0 Å². The minimum atomic E-state index is -0.0788. The minimum Gasteiger partial charge on any atom is -0.352 e. The lowest BCUT2D eigenvalue weighted by Crippen LogP contribution is -2.36. The maximum atomic E-state index is 12.5. The van der Waals surface area contributed by atoms with Gasteiger partial charge in [-0.15, -0.1) is 0 Å². The van der Waals surface area contributed by atoms with Crippen LogP contribution in [0.5, 0.6) is 0 Å².